The van der Waals surface area contributed by atoms with Gasteiger partial charge < -0.3 is 14.9 Å². The Bertz CT molecular complexity index is 397. The van der Waals surface area contributed by atoms with Crippen LogP contribution in [0.4, 0.5) is 5.82 Å². The Balaban J connectivity index is 2.13. The van der Waals surface area contributed by atoms with E-state index in [9.17, 15) is 0 Å². The van der Waals surface area contributed by atoms with E-state index >= 15 is 0 Å². The largest absolute Gasteiger partial charge is 0.392 e. The number of likely N-dealkylation sites (N-methyl/N-ethyl adjacent to an activating group) is 1. The highest BCUT2D eigenvalue weighted by Crippen LogP contribution is 2.28. The van der Waals surface area contributed by atoms with Crippen molar-refractivity contribution in [3.05, 3.63) is 22.8 Å². The summed E-state index contributed by atoms with van der Waals surface area (Å²) in [6, 6.07) is 2.35. The van der Waals surface area contributed by atoms with E-state index in [1.54, 1.807) is 12.3 Å². The number of nitrogens with zero attached hydrogens (tertiary/aromatic N) is 3. The molecule has 0 spiro atoms. The number of hydrogen-bond acceptors (Lipinski definition) is 4. The molecule has 0 aromatic carbocycles. The van der Waals surface area contributed by atoms with E-state index in [4.69, 9.17) is 16.7 Å². The van der Waals surface area contributed by atoms with Crippen LogP contribution in [0.15, 0.2) is 12.3 Å². The molecule has 1 atom stereocenters. The molecule has 17 heavy (non-hydrogen) atoms. The second-order valence-electron chi connectivity index (χ2n) is 4.66. The molecule has 0 radical (unpaired) electrons. The molecule has 94 valence electrons. The van der Waals surface area contributed by atoms with Gasteiger partial charge >= 0.3 is 0 Å². The zero-order valence-corrected chi connectivity index (χ0v) is 11.0. The standard InChI is InChI=1S/C12H18ClN3O/c1-15(2)10-3-4-16(7-10)12-11(13)5-9(8-17)6-14-12/h5-6,10,17H,3-4,7-8H2,1-2H3. The first-order chi connectivity index (χ1) is 8.11. The van der Waals surface area contributed by atoms with Crippen LogP contribution in [0.2, 0.25) is 5.02 Å². The van der Waals surface area contributed by atoms with Gasteiger partial charge in [0.05, 0.1) is 11.6 Å². The molecule has 1 fully saturated rings. The Hall–Kier alpha value is -0.840. The number of halogens is 1. The average molecular weight is 256 g/mol. The summed E-state index contributed by atoms with van der Waals surface area (Å²) in [6.07, 6.45) is 2.82. The molecule has 1 unspecified atom stereocenters. The van der Waals surface area contributed by atoms with Crippen molar-refractivity contribution in [1.29, 1.82) is 0 Å². The van der Waals surface area contributed by atoms with Crippen LogP contribution in [0.1, 0.15) is 12.0 Å². The number of pyridine rings is 1. The lowest BCUT2D eigenvalue weighted by Gasteiger charge is -2.21. The van der Waals surface area contributed by atoms with Crippen molar-refractivity contribution in [3.63, 3.8) is 0 Å². The maximum absolute atomic E-state index is 9.01. The molecule has 1 aliphatic rings. The molecule has 2 heterocycles. The smallest absolute Gasteiger partial charge is 0.147 e. The fourth-order valence-corrected chi connectivity index (χ4v) is 2.45. The molecule has 1 aromatic heterocycles. The minimum absolute atomic E-state index is 0.0205. The Morgan fingerprint density at radius 1 is 1.59 bits per heavy atom. The normalized spacial score (nSPS) is 20.3. The third kappa shape index (κ3) is 2.70. The number of rotatable bonds is 3. The zero-order valence-electron chi connectivity index (χ0n) is 10.2. The highest BCUT2D eigenvalue weighted by atomic mass is 35.5. The Kier molecular flexibility index (Phi) is 3.86. The molecule has 0 saturated carbocycles. The summed E-state index contributed by atoms with van der Waals surface area (Å²) >= 11 is 6.19. The van der Waals surface area contributed by atoms with E-state index < -0.39 is 0 Å². The number of hydrogen-bond donors (Lipinski definition) is 1. The molecule has 0 aliphatic carbocycles. The van der Waals surface area contributed by atoms with E-state index in [-0.39, 0.29) is 6.61 Å². The van der Waals surface area contributed by atoms with E-state index in [1.807, 2.05) is 0 Å². The highest BCUT2D eigenvalue weighted by molar-refractivity contribution is 6.33. The molecular weight excluding hydrogens is 238 g/mol. The van der Waals surface area contributed by atoms with Gasteiger partial charge in [0.1, 0.15) is 5.82 Å². The lowest BCUT2D eigenvalue weighted by Crippen LogP contribution is -2.31. The molecule has 1 aliphatic heterocycles. The van der Waals surface area contributed by atoms with Gasteiger partial charge in [0.25, 0.3) is 0 Å². The van der Waals surface area contributed by atoms with Crippen LogP contribution in [0, 0.1) is 0 Å². The van der Waals surface area contributed by atoms with Crippen molar-refractivity contribution >= 4 is 17.4 Å². The maximum Gasteiger partial charge on any atom is 0.147 e. The molecule has 0 amide bonds. The van der Waals surface area contributed by atoms with Crippen molar-refractivity contribution in [2.24, 2.45) is 0 Å². The van der Waals surface area contributed by atoms with Crippen LogP contribution in [0.25, 0.3) is 0 Å². The molecule has 1 aromatic rings. The van der Waals surface area contributed by atoms with Crippen LogP contribution >= 0.6 is 11.6 Å². The quantitative estimate of drug-likeness (QED) is 0.886. The lowest BCUT2D eigenvalue weighted by molar-refractivity contribution is 0.281. The summed E-state index contributed by atoms with van der Waals surface area (Å²) in [5.41, 5.74) is 0.752. The number of aromatic nitrogens is 1. The van der Waals surface area contributed by atoms with Crippen molar-refractivity contribution < 1.29 is 5.11 Å². The fourth-order valence-electron chi connectivity index (χ4n) is 2.15. The minimum Gasteiger partial charge on any atom is -0.392 e. The monoisotopic (exact) mass is 255 g/mol. The summed E-state index contributed by atoms with van der Waals surface area (Å²) < 4.78 is 0. The zero-order chi connectivity index (χ0) is 12.4. The molecular formula is C12H18ClN3O. The molecule has 4 nitrogen and oxygen atoms in total. The van der Waals surface area contributed by atoms with Crippen LogP contribution in [-0.2, 0) is 6.61 Å². The number of aliphatic hydroxyl groups is 1. The summed E-state index contributed by atoms with van der Waals surface area (Å²) in [5, 5.41) is 9.64. The van der Waals surface area contributed by atoms with Gasteiger partial charge in [-0.15, -0.1) is 0 Å². The van der Waals surface area contributed by atoms with Gasteiger partial charge in [0.15, 0.2) is 0 Å². The molecule has 2 rings (SSSR count). The van der Waals surface area contributed by atoms with E-state index in [0.29, 0.717) is 11.1 Å². The Labute approximate surface area is 107 Å². The molecule has 5 heteroatoms. The summed E-state index contributed by atoms with van der Waals surface area (Å²) in [5.74, 6) is 0.827. The van der Waals surface area contributed by atoms with Crippen LogP contribution in [0.5, 0.6) is 0 Å². The second kappa shape index (κ2) is 5.21. The second-order valence-corrected chi connectivity index (χ2v) is 5.07. The summed E-state index contributed by atoms with van der Waals surface area (Å²) in [7, 11) is 4.19. The van der Waals surface area contributed by atoms with Crippen molar-refractivity contribution in [1.82, 2.24) is 9.88 Å². The highest BCUT2D eigenvalue weighted by Gasteiger charge is 2.26. The van der Waals surface area contributed by atoms with Crippen molar-refractivity contribution in [2.75, 3.05) is 32.1 Å². The maximum atomic E-state index is 9.01. The van der Waals surface area contributed by atoms with Gasteiger partial charge in [-0.25, -0.2) is 4.98 Å². The molecule has 1 N–H and O–H groups in total. The van der Waals surface area contributed by atoms with Crippen LogP contribution in [0.3, 0.4) is 0 Å². The van der Waals surface area contributed by atoms with E-state index in [0.717, 1.165) is 30.9 Å². The van der Waals surface area contributed by atoms with Crippen LogP contribution in [-0.4, -0.2) is 48.2 Å². The first kappa shape index (κ1) is 12.6. The SMILES string of the molecule is CN(C)C1CCN(c2ncc(CO)cc2Cl)C1. The van der Waals surface area contributed by atoms with Crippen molar-refractivity contribution in [3.8, 4) is 0 Å². The van der Waals surface area contributed by atoms with Crippen molar-refractivity contribution in [2.45, 2.75) is 19.1 Å². The predicted molar refractivity (Wildman–Crippen MR) is 69.5 cm³/mol. The van der Waals surface area contributed by atoms with Gasteiger partial charge in [-0.05, 0) is 32.1 Å². The predicted octanol–water partition coefficient (Wildman–Crippen LogP) is 1.37. The fraction of sp³-hybridized carbons (Fsp3) is 0.583. The third-order valence-electron chi connectivity index (χ3n) is 3.25. The first-order valence-electron chi connectivity index (χ1n) is 5.78. The average Bonchev–Trinajstić information content (AvgIpc) is 2.78. The third-order valence-corrected chi connectivity index (χ3v) is 3.53. The molecule has 1 saturated heterocycles. The van der Waals surface area contributed by atoms with E-state index in [1.165, 1.54) is 0 Å². The van der Waals surface area contributed by atoms with Crippen LogP contribution < -0.4 is 4.90 Å². The minimum atomic E-state index is -0.0205. The van der Waals surface area contributed by atoms with E-state index in [2.05, 4.69) is 28.9 Å². The summed E-state index contributed by atoms with van der Waals surface area (Å²) in [4.78, 5) is 8.77. The first-order valence-corrected chi connectivity index (χ1v) is 6.16. The topological polar surface area (TPSA) is 39.6 Å². The van der Waals surface area contributed by atoms with Gasteiger partial charge in [-0.3, -0.25) is 0 Å². The number of aliphatic hydroxyl groups excluding tert-OH is 1. The lowest BCUT2D eigenvalue weighted by atomic mass is 10.2. The Morgan fingerprint density at radius 3 is 2.88 bits per heavy atom. The Morgan fingerprint density at radius 2 is 2.35 bits per heavy atom. The van der Waals surface area contributed by atoms with Gasteiger partial charge in [-0.1, -0.05) is 11.6 Å². The van der Waals surface area contributed by atoms with Gasteiger partial charge in [0.2, 0.25) is 0 Å². The summed E-state index contributed by atoms with van der Waals surface area (Å²) in [6.45, 7) is 1.92. The molecule has 0 bridgehead atoms. The number of anilines is 1. The van der Waals surface area contributed by atoms with Gasteiger partial charge in [0, 0.05) is 25.3 Å². The van der Waals surface area contributed by atoms with Gasteiger partial charge in [-0.2, -0.15) is 0 Å².